The highest BCUT2D eigenvalue weighted by Gasteiger charge is 2.35. The summed E-state index contributed by atoms with van der Waals surface area (Å²) in [7, 11) is 0. The van der Waals surface area contributed by atoms with Crippen LogP contribution in [0.4, 0.5) is 14.9 Å². The Kier molecular flexibility index (Phi) is 7.09. The zero-order chi connectivity index (χ0) is 24.2. The molecule has 0 bridgehead atoms. The maximum atomic E-state index is 13.1. The Labute approximate surface area is 206 Å². The number of rotatable bonds is 7. The number of amides is 2. The monoisotopic (exact) mass is 542 g/mol. The lowest BCUT2D eigenvalue weighted by atomic mass is 10.1. The Morgan fingerprint density at radius 3 is 2.38 bits per heavy atom. The molecule has 7 nitrogen and oxygen atoms in total. The average molecular weight is 543 g/mol. The molecule has 1 aliphatic rings. The lowest BCUT2D eigenvalue weighted by molar-refractivity contribution is -0.384. The fraction of sp³-hybridized carbons (Fsp3) is 0.0833. The highest BCUT2D eigenvalue weighted by Crippen LogP contribution is 2.36. The van der Waals surface area contributed by atoms with Gasteiger partial charge in [-0.05, 0) is 59.3 Å². The lowest BCUT2D eigenvalue weighted by Gasteiger charge is -2.12. The number of nitro benzene ring substituents is 1. The third-order valence-electron chi connectivity index (χ3n) is 4.93. The van der Waals surface area contributed by atoms with Gasteiger partial charge in [-0.2, -0.15) is 0 Å². The molecule has 1 heterocycles. The third-order valence-corrected chi connectivity index (χ3v) is 6.36. The SMILES string of the molecule is O=C1S/C(=C\c2cc([N+](=O)[O-])ccc2OCc2ccc(F)cc2)C(=O)N1Cc1ccc(Br)cc1. The van der Waals surface area contributed by atoms with E-state index in [0.29, 0.717) is 5.56 Å². The standard InChI is InChI=1S/C24H16BrFN2O5S/c25-18-5-1-15(2-6-18)13-27-23(29)22(34-24(27)30)12-17-11-20(28(31)32)9-10-21(17)33-14-16-3-7-19(26)8-4-16/h1-12H,13-14H2/b22-12-. The molecule has 0 spiro atoms. The van der Waals surface area contributed by atoms with Gasteiger partial charge in [-0.1, -0.05) is 40.2 Å². The van der Waals surface area contributed by atoms with Crippen LogP contribution in [-0.2, 0) is 17.9 Å². The first-order chi connectivity index (χ1) is 16.3. The van der Waals surface area contributed by atoms with Crippen molar-refractivity contribution in [3.05, 3.63) is 109 Å². The Hall–Kier alpha value is -3.50. The van der Waals surface area contributed by atoms with Crippen molar-refractivity contribution in [2.24, 2.45) is 0 Å². The fourth-order valence-electron chi connectivity index (χ4n) is 3.19. The number of hydrogen-bond acceptors (Lipinski definition) is 6. The molecule has 1 fully saturated rings. The molecule has 172 valence electrons. The molecule has 0 saturated carbocycles. The minimum Gasteiger partial charge on any atom is -0.488 e. The summed E-state index contributed by atoms with van der Waals surface area (Å²) in [5.74, 6) is -0.581. The van der Waals surface area contributed by atoms with Gasteiger partial charge in [0.2, 0.25) is 0 Å². The molecule has 10 heteroatoms. The summed E-state index contributed by atoms with van der Waals surface area (Å²) in [4.78, 5) is 37.4. The van der Waals surface area contributed by atoms with Crippen LogP contribution in [0.15, 0.2) is 76.1 Å². The van der Waals surface area contributed by atoms with Crippen LogP contribution in [0, 0.1) is 15.9 Å². The maximum Gasteiger partial charge on any atom is 0.293 e. The van der Waals surface area contributed by atoms with Gasteiger partial charge in [0.1, 0.15) is 18.2 Å². The third kappa shape index (κ3) is 5.52. The number of benzene rings is 3. The molecular formula is C24H16BrFN2O5S. The molecule has 0 atom stereocenters. The van der Waals surface area contributed by atoms with Gasteiger partial charge >= 0.3 is 0 Å². The molecule has 0 unspecified atom stereocenters. The highest BCUT2D eigenvalue weighted by atomic mass is 79.9. The van der Waals surface area contributed by atoms with Gasteiger partial charge in [-0.15, -0.1) is 0 Å². The average Bonchev–Trinajstić information content (AvgIpc) is 3.08. The van der Waals surface area contributed by atoms with Crippen LogP contribution >= 0.6 is 27.7 Å². The molecule has 0 N–H and O–H groups in total. The number of thioether (sulfide) groups is 1. The molecule has 2 amide bonds. The van der Waals surface area contributed by atoms with E-state index in [9.17, 15) is 24.1 Å². The number of non-ortho nitro benzene ring substituents is 1. The van der Waals surface area contributed by atoms with Gasteiger partial charge in [0, 0.05) is 22.2 Å². The van der Waals surface area contributed by atoms with Crippen molar-refractivity contribution in [3.63, 3.8) is 0 Å². The van der Waals surface area contributed by atoms with Crippen molar-refractivity contribution in [2.45, 2.75) is 13.2 Å². The predicted molar refractivity (Wildman–Crippen MR) is 129 cm³/mol. The van der Waals surface area contributed by atoms with E-state index in [1.165, 1.54) is 36.4 Å². The number of imide groups is 1. The summed E-state index contributed by atoms with van der Waals surface area (Å²) >= 11 is 4.10. The van der Waals surface area contributed by atoms with E-state index in [1.54, 1.807) is 24.3 Å². The van der Waals surface area contributed by atoms with Crippen molar-refractivity contribution in [1.82, 2.24) is 4.90 Å². The quantitative estimate of drug-likeness (QED) is 0.197. The van der Waals surface area contributed by atoms with E-state index in [-0.39, 0.29) is 40.9 Å². The largest absolute Gasteiger partial charge is 0.488 e. The molecule has 34 heavy (non-hydrogen) atoms. The van der Waals surface area contributed by atoms with Gasteiger partial charge in [0.25, 0.3) is 16.8 Å². The normalized spacial score (nSPS) is 14.6. The Morgan fingerprint density at radius 2 is 1.71 bits per heavy atom. The summed E-state index contributed by atoms with van der Waals surface area (Å²) in [5.41, 5.74) is 1.57. The first-order valence-electron chi connectivity index (χ1n) is 9.95. The maximum absolute atomic E-state index is 13.1. The van der Waals surface area contributed by atoms with Crippen LogP contribution in [0.3, 0.4) is 0 Å². The second kappa shape index (κ2) is 10.2. The fourth-order valence-corrected chi connectivity index (χ4v) is 4.28. The summed E-state index contributed by atoms with van der Waals surface area (Å²) in [6.45, 7) is 0.197. The minimum atomic E-state index is -0.555. The van der Waals surface area contributed by atoms with Gasteiger partial charge < -0.3 is 4.74 Å². The summed E-state index contributed by atoms with van der Waals surface area (Å²) in [6, 6.07) is 17.0. The molecule has 0 aliphatic carbocycles. The van der Waals surface area contributed by atoms with Crippen LogP contribution in [0.5, 0.6) is 5.75 Å². The van der Waals surface area contributed by atoms with Gasteiger partial charge in [0.05, 0.1) is 16.4 Å². The van der Waals surface area contributed by atoms with Gasteiger partial charge in [-0.25, -0.2) is 4.39 Å². The van der Waals surface area contributed by atoms with Crippen LogP contribution in [0.1, 0.15) is 16.7 Å². The predicted octanol–water partition coefficient (Wildman–Crippen LogP) is 6.31. The van der Waals surface area contributed by atoms with Crippen molar-refractivity contribution >= 4 is 50.6 Å². The zero-order valence-corrected chi connectivity index (χ0v) is 19.8. The summed E-state index contributed by atoms with van der Waals surface area (Å²) in [6.07, 6.45) is 1.42. The Bertz CT molecular complexity index is 1300. The number of nitrogens with zero attached hydrogens (tertiary/aromatic N) is 2. The second-order valence-electron chi connectivity index (χ2n) is 7.29. The molecule has 4 rings (SSSR count). The highest BCUT2D eigenvalue weighted by molar-refractivity contribution is 9.10. The Morgan fingerprint density at radius 1 is 1.03 bits per heavy atom. The topological polar surface area (TPSA) is 89.7 Å². The van der Waals surface area contributed by atoms with Crippen LogP contribution < -0.4 is 4.74 Å². The van der Waals surface area contributed by atoms with Crippen LogP contribution in [0.2, 0.25) is 0 Å². The smallest absolute Gasteiger partial charge is 0.293 e. The van der Waals surface area contributed by atoms with Gasteiger partial charge in [-0.3, -0.25) is 24.6 Å². The van der Waals surface area contributed by atoms with Crippen LogP contribution in [-0.4, -0.2) is 21.0 Å². The first-order valence-corrected chi connectivity index (χ1v) is 11.6. The van der Waals surface area contributed by atoms with E-state index in [4.69, 9.17) is 4.74 Å². The zero-order valence-electron chi connectivity index (χ0n) is 17.4. The summed E-state index contributed by atoms with van der Waals surface area (Å²) in [5, 5.41) is 10.8. The van der Waals surface area contributed by atoms with E-state index in [1.807, 2.05) is 12.1 Å². The van der Waals surface area contributed by atoms with Crippen molar-refractivity contribution < 1.29 is 23.6 Å². The van der Waals surface area contributed by atoms with Crippen molar-refractivity contribution in [1.29, 1.82) is 0 Å². The summed E-state index contributed by atoms with van der Waals surface area (Å²) < 4.78 is 19.8. The van der Waals surface area contributed by atoms with E-state index >= 15 is 0 Å². The van der Waals surface area contributed by atoms with E-state index in [2.05, 4.69) is 15.9 Å². The molecule has 0 radical (unpaired) electrons. The van der Waals surface area contributed by atoms with Crippen molar-refractivity contribution in [2.75, 3.05) is 0 Å². The molecule has 1 saturated heterocycles. The number of ether oxygens (including phenoxy) is 1. The second-order valence-corrected chi connectivity index (χ2v) is 9.20. The first kappa shape index (κ1) is 23.7. The Balaban J connectivity index is 1.59. The molecule has 3 aromatic carbocycles. The molecule has 1 aliphatic heterocycles. The molecule has 0 aromatic heterocycles. The number of carbonyl (C=O) groups is 2. The lowest BCUT2D eigenvalue weighted by Crippen LogP contribution is -2.27. The van der Waals surface area contributed by atoms with Crippen LogP contribution in [0.25, 0.3) is 6.08 Å². The minimum absolute atomic E-state index is 0.0873. The molecule has 3 aromatic rings. The number of hydrogen-bond donors (Lipinski definition) is 0. The van der Waals surface area contributed by atoms with Crippen molar-refractivity contribution in [3.8, 4) is 5.75 Å². The van der Waals surface area contributed by atoms with E-state index in [0.717, 1.165) is 26.7 Å². The molecular weight excluding hydrogens is 527 g/mol. The number of carbonyl (C=O) groups excluding carboxylic acids is 2. The van der Waals surface area contributed by atoms with Gasteiger partial charge in [0.15, 0.2) is 0 Å². The van der Waals surface area contributed by atoms with E-state index < -0.39 is 16.1 Å². The number of halogens is 2. The number of nitro groups is 1.